The highest BCUT2D eigenvalue weighted by Crippen LogP contribution is 2.47. The summed E-state index contributed by atoms with van der Waals surface area (Å²) in [5.41, 5.74) is 4.33. The van der Waals surface area contributed by atoms with Crippen molar-refractivity contribution < 1.29 is 24.5 Å². The molecular formula is C24H36N2O5. The Morgan fingerprint density at radius 3 is 2.61 bits per heavy atom. The van der Waals surface area contributed by atoms with Crippen molar-refractivity contribution in [1.82, 2.24) is 4.90 Å². The molecule has 7 heteroatoms. The highest BCUT2D eigenvalue weighted by Gasteiger charge is 2.42. The van der Waals surface area contributed by atoms with Crippen LogP contribution in [0, 0.1) is 5.92 Å². The molecule has 172 valence electrons. The van der Waals surface area contributed by atoms with Crippen LogP contribution in [0.15, 0.2) is 18.2 Å². The van der Waals surface area contributed by atoms with Crippen molar-refractivity contribution in [2.75, 3.05) is 38.2 Å². The van der Waals surface area contributed by atoms with Crippen molar-refractivity contribution in [3.63, 3.8) is 0 Å². The Morgan fingerprint density at radius 2 is 1.90 bits per heavy atom. The van der Waals surface area contributed by atoms with Crippen molar-refractivity contribution in [2.24, 2.45) is 5.92 Å². The second-order valence-corrected chi connectivity index (χ2v) is 8.64. The average molecular weight is 433 g/mol. The van der Waals surface area contributed by atoms with Crippen LogP contribution < -0.4 is 4.90 Å². The maximum Gasteiger partial charge on any atom is 0.148 e. The van der Waals surface area contributed by atoms with Crippen molar-refractivity contribution in [2.45, 2.75) is 63.9 Å². The fourth-order valence-corrected chi connectivity index (χ4v) is 5.02. The first-order chi connectivity index (χ1) is 15.0. The molecule has 3 aliphatic heterocycles. The van der Waals surface area contributed by atoms with Crippen LogP contribution in [-0.4, -0.2) is 78.8 Å². The van der Waals surface area contributed by atoms with Crippen LogP contribution in [0.25, 0.3) is 0 Å². The predicted molar refractivity (Wildman–Crippen MR) is 119 cm³/mol. The normalized spacial score (nSPS) is 31.8. The number of nitrogens with zero attached hydrogens (tertiary/aromatic N) is 2. The maximum atomic E-state index is 12.1. The van der Waals surface area contributed by atoms with Crippen LogP contribution in [0.4, 0.5) is 5.69 Å². The number of aldehydes is 1. The van der Waals surface area contributed by atoms with E-state index in [0.717, 1.165) is 39.0 Å². The van der Waals surface area contributed by atoms with E-state index in [1.165, 1.54) is 16.8 Å². The van der Waals surface area contributed by atoms with Gasteiger partial charge in [0.25, 0.3) is 0 Å². The molecule has 1 aromatic carbocycles. The second-order valence-electron chi connectivity index (χ2n) is 8.64. The summed E-state index contributed by atoms with van der Waals surface area (Å²) in [6.45, 7) is 8.16. The van der Waals surface area contributed by atoms with Gasteiger partial charge in [-0.05, 0) is 30.5 Å². The van der Waals surface area contributed by atoms with Gasteiger partial charge in [0.15, 0.2) is 0 Å². The van der Waals surface area contributed by atoms with Gasteiger partial charge in [-0.2, -0.15) is 0 Å². The third-order valence-electron chi connectivity index (χ3n) is 6.63. The summed E-state index contributed by atoms with van der Waals surface area (Å²) in [5.74, 6) is 1.23. The fourth-order valence-electron chi connectivity index (χ4n) is 5.02. The number of rotatable bonds is 1. The lowest BCUT2D eigenvalue weighted by atomic mass is 9.82. The van der Waals surface area contributed by atoms with Gasteiger partial charge in [0, 0.05) is 50.6 Å². The second kappa shape index (κ2) is 10.7. The van der Waals surface area contributed by atoms with Crippen molar-refractivity contribution in [1.29, 1.82) is 0 Å². The smallest absolute Gasteiger partial charge is 0.148 e. The number of ketones is 1. The molecule has 1 saturated heterocycles. The topological polar surface area (TPSA) is 90.3 Å². The third kappa shape index (κ3) is 5.17. The summed E-state index contributed by atoms with van der Waals surface area (Å²) in [5, 5.41) is 17.9. The minimum atomic E-state index is -0.837. The number of hydrogen-bond donors (Lipinski definition) is 2. The van der Waals surface area contributed by atoms with Gasteiger partial charge in [-0.15, -0.1) is 0 Å². The molecule has 0 aromatic heterocycles. The molecule has 5 unspecified atom stereocenters. The van der Waals surface area contributed by atoms with Crippen LogP contribution in [-0.2, 0) is 20.9 Å². The van der Waals surface area contributed by atoms with Crippen LogP contribution in [0.5, 0.6) is 0 Å². The van der Waals surface area contributed by atoms with E-state index in [1.807, 2.05) is 13.8 Å². The van der Waals surface area contributed by atoms with Gasteiger partial charge in [-0.1, -0.05) is 32.0 Å². The minimum absolute atomic E-state index is 0.0462. The van der Waals surface area contributed by atoms with Gasteiger partial charge in [-0.25, -0.2) is 0 Å². The largest absolute Gasteiger partial charge is 0.390 e. The zero-order chi connectivity index (χ0) is 22.5. The monoisotopic (exact) mass is 432 g/mol. The molecule has 0 amide bonds. The number of aliphatic hydroxyl groups is 2. The highest BCUT2D eigenvalue weighted by molar-refractivity contribution is 5.87. The quantitative estimate of drug-likeness (QED) is 0.653. The van der Waals surface area contributed by atoms with Crippen LogP contribution in [0.3, 0.4) is 0 Å². The molecule has 0 spiro atoms. The van der Waals surface area contributed by atoms with Gasteiger partial charge >= 0.3 is 0 Å². The molecule has 2 N–H and O–H groups in total. The standard InChI is InChI=1S/C16H20N2O.C6H10O4.C2H6/c1-17-7-8-18-10-14-12(5-6-15(14)19)13-4-2-3-11(9-17)16(13)18;7-2-4-1-5(8)6(9)3-10-4;1-2/h2-4,12,14H,5-10H2,1H3;2,4-6,8-9H,1,3H2;1-2H3. The Morgan fingerprint density at radius 1 is 1.13 bits per heavy atom. The molecule has 0 bridgehead atoms. The minimum Gasteiger partial charge on any atom is -0.390 e. The van der Waals surface area contributed by atoms with E-state index in [4.69, 9.17) is 14.9 Å². The molecule has 3 heterocycles. The third-order valence-corrected chi connectivity index (χ3v) is 6.63. The summed E-state index contributed by atoms with van der Waals surface area (Å²) in [6, 6.07) is 6.69. The Bertz CT molecular complexity index is 770. The Hall–Kier alpha value is -1.80. The lowest BCUT2D eigenvalue weighted by molar-refractivity contribution is -0.141. The van der Waals surface area contributed by atoms with Gasteiger partial charge in [0.2, 0.25) is 0 Å². The lowest BCUT2D eigenvalue weighted by Crippen LogP contribution is -2.41. The zero-order valence-electron chi connectivity index (χ0n) is 18.9. The maximum absolute atomic E-state index is 12.1. The zero-order valence-corrected chi connectivity index (χ0v) is 18.9. The number of likely N-dealkylation sites (N-methyl/N-ethyl adjacent to an activating group) is 1. The number of carbonyl (C=O) groups is 2. The number of carbonyl (C=O) groups excluding carboxylic acids is 2. The summed E-state index contributed by atoms with van der Waals surface area (Å²) < 4.78 is 4.83. The van der Waals surface area contributed by atoms with E-state index in [0.29, 0.717) is 18.0 Å². The van der Waals surface area contributed by atoms with Gasteiger partial charge in [-0.3, -0.25) is 4.79 Å². The molecule has 4 aliphatic rings. The van der Waals surface area contributed by atoms with Crippen molar-refractivity contribution >= 4 is 17.8 Å². The van der Waals surface area contributed by atoms with Crippen LogP contribution in [0.2, 0.25) is 0 Å². The Kier molecular flexibility index (Phi) is 8.22. The summed E-state index contributed by atoms with van der Waals surface area (Å²) >= 11 is 0. The Balaban J connectivity index is 0.000000193. The van der Waals surface area contributed by atoms with E-state index in [1.54, 1.807) is 0 Å². The van der Waals surface area contributed by atoms with E-state index in [9.17, 15) is 9.59 Å². The molecular weight excluding hydrogens is 396 g/mol. The summed E-state index contributed by atoms with van der Waals surface area (Å²) in [4.78, 5) is 27.0. The number of fused-ring (bicyclic) bond motifs is 2. The highest BCUT2D eigenvalue weighted by atomic mass is 16.5. The van der Waals surface area contributed by atoms with Crippen LogP contribution in [0.1, 0.15) is 50.2 Å². The number of aliphatic hydroxyl groups excluding tert-OH is 2. The molecule has 0 radical (unpaired) electrons. The Labute approximate surface area is 185 Å². The van der Waals surface area contributed by atoms with Gasteiger partial charge < -0.3 is 29.5 Å². The van der Waals surface area contributed by atoms with E-state index >= 15 is 0 Å². The molecule has 5 rings (SSSR count). The van der Waals surface area contributed by atoms with E-state index in [-0.39, 0.29) is 18.9 Å². The number of Topliss-reactive ketones (excluding diaryl/α,β-unsaturated/α-hetero) is 1. The molecule has 1 saturated carbocycles. The average Bonchev–Trinajstić information content (AvgIpc) is 3.07. The first kappa shape index (κ1) is 23.9. The first-order valence-electron chi connectivity index (χ1n) is 11.5. The number of benzene rings is 1. The summed E-state index contributed by atoms with van der Waals surface area (Å²) in [7, 11) is 2.18. The van der Waals surface area contributed by atoms with Crippen molar-refractivity contribution in [3.8, 4) is 0 Å². The van der Waals surface area contributed by atoms with Crippen molar-refractivity contribution in [3.05, 3.63) is 29.3 Å². The van der Waals surface area contributed by atoms with E-state index < -0.39 is 18.3 Å². The van der Waals surface area contributed by atoms with E-state index in [2.05, 4.69) is 35.0 Å². The predicted octanol–water partition coefficient (Wildman–Crippen LogP) is 1.74. The molecule has 1 aliphatic carbocycles. The molecule has 31 heavy (non-hydrogen) atoms. The first-order valence-corrected chi connectivity index (χ1v) is 11.5. The van der Waals surface area contributed by atoms with Gasteiger partial charge in [0.1, 0.15) is 24.3 Å². The number of hydrogen-bond acceptors (Lipinski definition) is 7. The molecule has 5 atom stereocenters. The molecule has 1 aromatic rings. The molecule has 7 nitrogen and oxygen atoms in total. The van der Waals surface area contributed by atoms with Gasteiger partial charge in [0.05, 0.1) is 12.7 Å². The lowest BCUT2D eigenvalue weighted by Gasteiger charge is -2.38. The number of para-hydroxylation sites is 1. The number of ether oxygens (including phenoxy) is 1. The SMILES string of the molecule is CC.CN1CCN2CC3C(=O)CCC3c3cccc(c32)C1.O=CC1CC(O)C(O)CO1. The number of anilines is 1. The fraction of sp³-hybridized carbons (Fsp3) is 0.667. The van der Waals surface area contributed by atoms with Crippen LogP contribution >= 0.6 is 0 Å². The molecule has 2 fully saturated rings. The summed E-state index contributed by atoms with van der Waals surface area (Å²) in [6.07, 6.45) is 0.481.